The van der Waals surface area contributed by atoms with Crippen LogP contribution in [0.2, 0.25) is 0 Å². The van der Waals surface area contributed by atoms with E-state index in [9.17, 15) is 9.50 Å². The highest BCUT2D eigenvalue weighted by Gasteiger charge is 2.22. The molecule has 1 heterocycles. The Morgan fingerprint density at radius 2 is 2.11 bits per heavy atom. The van der Waals surface area contributed by atoms with E-state index in [1.165, 1.54) is 12.1 Å². The maximum atomic E-state index is 12.9. The first-order valence-electron chi connectivity index (χ1n) is 6.50. The van der Waals surface area contributed by atoms with Crippen LogP contribution in [0.4, 0.5) is 10.1 Å². The predicted molar refractivity (Wildman–Crippen MR) is 70.5 cm³/mol. The van der Waals surface area contributed by atoms with Crippen molar-refractivity contribution >= 4 is 5.69 Å². The highest BCUT2D eigenvalue weighted by atomic mass is 19.1. The molecule has 2 rings (SSSR count). The lowest BCUT2D eigenvalue weighted by molar-refractivity contribution is 0.0696. The smallest absolute Gasteiger partial charge is 0.125 e. The summed E-state index contributed by atoms with van der Waals surface area (Å²) in [4.78, 5) is 2.31. The molecule has 1 aromatic carbocycles. The topological polar surface area (TPSA) is 49.5 Å². The average molecular weight is 252 g/mol. The molecule has 0 saturated carbocycles. The molecule has 1 unspecified atom stereocenters. The van der Waals surface area contributed by atoms with Gasteiger partial charge in [0.05, 0.1) is 6.10 Å². The fourth-order valence-electron chi connectivity index (χ4n) is 2.54. The van der Waals surface area contributed by atoms with Crippen LogP contribution in [0, 0.1) is 11.7 Å². The minimum Gasteiger partial charge on any atom is -0.398 e. The molecule has 0 amide bonds. The summed E-state index contributed by atoms with van der Waals surface area (Å²) in [6, 6.07) is 4.58. The van der Waals surface area contributed by atoms with Gasteiger partial charge in [0.2, 0.25) is 0 Å². The summed E-state index contributed by atoms with van der Waals surface area (Å²) in [5.41, 5.74) is 7.31. The van der Waals surface area contributed by atoms with Gasteiger partial charge in [0.25, 0.3) is 0 Å². The summed E-state index contributed by atoms with van der Waals surface area (Å²) in [5.74, 6) is 0.121. The van der Waals surface area contributed by atoms with E-state index >= 15 is 0 Å². The first-order chi connectivity index (χ1) is 8.56. The molecule has 0 radical (unpaired) electrons. The van der Waals surface area contributed by atoms with Crippen LogP contribution in [0.5, 0.6) is 0 Å². The fraction of sp³-hybridized carbons (Fsp3) is 0.571. The Hall–Kier alpha value is -1.13. The van der Waals surface area contributed by atoms with Crippen molar-refractivity contribution in [1.82, 2.24) is 4.90 Å². The van der Waals surface area contributed by atoms with Crippen LogP contribution in [0.1, 0.15) is 25.3 Å². The number of nitrogens with zero attached hydrogens (tertiary/aromatic N) is 1. The predicted octanol–water partition coefficient (Wildman–Crippen LogP) is 2.00. The number of hydrogen-bond acceptors (Lipinski definition) is 3. The van der Waals surface area contributed by atoms with Gasteiger partial charge >= 0.3 is 0 Å². The Morgan fingerprint density at radius 3 is 2.67 bits per heavy atom. The van der Waals surface area contributed by atoms with Crippen molar-refractivity contribution in [3.63, 3.8) is 0 Å². The summed E-state index contributed by atoms with van der Waals surface area (Å²) in [5, 5.41) is 9.55. The number of anilines is 1. The first-order valence-corrected chi connectivity index (χ1v) is 6.50. The summed E-state index contributed by atoms with van der Waals surface area (Å²) in [6.07, 6.45) is 1.81. The van der Waals surface area contributed by atoms with Crippen molar-refractivity contribution in [2.75, 3.05) is 18.8 Å². The van der Waals surface area contributed by atoms with Crippen LogP contribution < -0.4 is 5.73 Å². The molecule has 3 N–H and O–H groups in total. The number of halogens is 1. The number of rotatable bonds is 3. The van der Waals surface area contributed by atoms with Gasteiger partial charge in [-0.25, -0.2) is 4.39 Å². The van der Waals surface area contributed by atoms with Gasteiger partial charge in [0.15, 0.2) is 0 Å². The largest absolute Gasteiger partial charge is 0.398 e. The van der Waals surface area contributed by atoms with Gasteiger partial charge in [-0.15, -0.1) is 0 Å². The van der Waals surface area contributed by atoms with Crippen molar-refractivity contribution < 1.29 is 9.50 Å². The molecule has 1 saturated heterocycles. The van der Waals surface area contributed by atoms with Gasteiger partial charge in [-0.3, -0.25) is 4.90 Å². The van der Waals surface area contributed by atoms with Gasteiger partial charge in [-0.05, 0) is 56.5 Å². The number of benzene rings is 1. The minimum absolute atomic E-state index is 0.219. The summed E-state index contributed by atoms with van der Waals surface area (Å²) in [6.45, 7) is 4.55. The van der Waals surface area contributed by atoms with Gasteiger partial charge in [-0.2, -0.15) is 0 Å². The van der Waals surface area contributed by atoms with Gasteiger partial charge in [0.1, 0.15) is 5.82 Å². The molecule has 3 nitrogen and oxygen atoms in total. The van der Waals surface area contributed by atoms with Gasteiger partial charge in [0, 0.05) is 12.2 Å². The lowest BCUT2D eigenvalue weighted by Gasteiger charge is -2.33. The van der Waals surface area contributed by atoms with E-state index in [1.54, 1.807) is 6.07 Å². The molecule has 1 fully saturated rings. The lowest BCUT2D eigenvalue weighted by Crippen LogP contribution is -2.36. The van der Waals surface area contributed by atoms with E-state index in [0.29, 0.717) is 11.6 Å². The third-order valence-corrected chi connectivity index (χ3v) is 3.82. The third kappa shape index (κ3) is 3.21. The van der Waals surface area contributed by atoms with Crippen LogP contribution in [-0.2, 0) is 6.54 Å². The number of hydrogen-bond donors (Lipinski definition) is 2. The second-order valence-corrected chi connectivity index (χ2v) is 5.20. The van der Waals surface area contributed by atoms with E-state index in [2.05, 4.69) is 4.90 Å². The van der Waals surface area contributed by atoms with E-state index in [-0.39, 0.29) is 11.9 Å². The third-order valence-electron chi connectivity index (χ3n) is 3.82. The molecule has 18 heavy (non-hydrogen) atoms. The molecule has 4 heteroatoms. The van der Waals surface area contributed by atoms with Crippen molar-refractivity contribution in [1.29, 1.82) is 0 Å². The van der Waals surface area contributed by atoms with Gasteiger partial charge < -0.3 is 10.8 Å². The highest BCUT2D eigenvalue weighted by molar-refractivity contribution is 5.46. The zero-order chi connectivity index (χ0) is 13.1. The molecule has 100 valence electrons. The molecular formula is C14H21FN2O. The number of likely N-dealkylation sites (tertiary alicyclic amines) is 1. The molecule has 1 aromatic rings. The normalized spacial score (nSPS) is 19.9. The maximum absolute atomic E-state index is 12.9. The molecule has 0 aliphatic carbocycles. The van der Waals surface area contributed by atoms with E-state index in [0.717, 1.165) is 38.0 Å². The van der Waals surface area contributed by atoms with E-state index < -0.39 is 0 Å². The molecule has 0 spiro atoms. The zero-order valence-electron chi connectivity index (χ0n) is 10.8. The van der Waals surface area contributed by atoms with Gasteiger partial charge in [-0.1, -0.05) is 6.07 Å². The molecule has 1 aliphatic heterocycles. The van der Waals surface area contributed by atoms with Crippen molar-refractivity contribution in [3.05, 3.63) is 29.6 Å². The van der Waals surface area contributed by atoms with Crippen LogP contribution in [-0.4, -0.2) is 29.2 Å². The van der Waals surface area contributed by atoms with Crippen LogP contribution in [0.15, 0.2) is 18.2 Å². The SMILES string of the molecule is CC(O)C1CCN(Cc2ccc(F)cc2N)CC1. The zero-order valence-corrected chi connectivity index (χ0v) is 10.8. The Labute approximate surface area is 107 Å². The molecule has 1 atom stereocenters. The second kappa shape index (κ2) is 5.67. The molecule has 0 aromatic heterocycles. The highest BCUT2D eigenvalue weighted by Crippen LogP contribution is 2.23. The molecular weight excluding hydrogens is 231 g/mol. The number of aliphatic hydroxyl groups excluding tert-OH is 1. The number of piperidine rings is 1. The summed E-state index contributed by atoms with van der Waals surface area (Å²) < 4.78 is 12.9. The second-order valence-electron chi connectivity index (χ2n) is 5.20. The Morgan fingerprint density at radius 1 is 1.44 bits per heavy atom. The average Bonchev–Trinajstić information content (AvgIpc) is 2.33. The summed E-state index contributed by atoms with van der Waals surface area (Å²) >= 11 is 0. The molecule has 0 bridgehead atoms. The molecule has 1 aliphatic rings. The maximum Gasteiger partial charge on any atom is 0.125 e. The Kier molecular flexibility index (Phi) is 4.19. The minimum atomic E-state index is -0.288. The lowest BCUT2D eigenvalue weighted by atomic mass is 9.92. The first kappa shape index (κ1) is 13.3. The van der Waals surface area contributed by atoms with Crippen LogP contribution in [0.25, 0.3) is 0 Å². The summed E-state index contributed by atoms with van der Waals surface area (Å²) in [7, 11) is 0. The standard InChI is InChI=1S/C14H21FN2O/c1-10(18)11-4-6-17(7-5-11)9-12-2-3-13(15)8-14(12)16/h2-3,8,10-11,18H,4-7,9,16H2,1H3. The van der Waals surface area contributed by atoms with Crippen molar-refractivity contribution in [2.24, 2.45) is 5.92 Å². The van der Waals surface area contributed by atoms with Crippen LogP contribution in [0.3, 0.4) is 0 Å². The fourth-order valence-corrected chi connectivity index (χ4v) is 2.54. The number of aliphatic hydroxyl groups is 1. The van der Waals surface area contributed by atoms with Crippen LogP contribution >= 0.6 is 0 Å². The van der Waals surface area contributed by atoms with Crippen molar-refractivity contribution in [2.45, 2.75) is 32.4 Å². The Balaban J connectivity index is 1.91. The number of nitrogen functional groups attached to an aromatic ring is 1. The number of nitrogens with two attached hydrogens (primary N) is 1. The van der Waals surface area contributed by atoms with E-state index in [1.807, 2.05) is 6.92 Å². The quantitative estimate of drug-likeness (QED) is 0.809. The monoisotopic (exact) mass is 252 g/mol. The van der Waals surface area contributed by atoms with Crippen molar-refractivity contribution in [3.8, 4) is 0 Å². The Bertz CT molecular complexity index is 401. The van der Waals surface area contributed by atoms with E-state index in [4.69, 9.17) is 5.73 Å².